The van der Waals surface area contributed by atoms with E-state index in [2.05, 4.69) is 16.9 Å². The van der Waals surface area contributed by atoms with Crippen LogP contribution in [0.3, 0.4) is 0 Å². The lowest BCUT2D eigenvalue weighted by molar-refractivity contribution is 0.906. The fourth-order valence-corrected chi connectivity index (χ4v) is 0.278. The van der Waals surface area contributed by atoms with Crippen LogP contribution in [0.5, 0.6) is 0 Å². The molecule has 0 amide bonds. The third-order valence-corrected chi connectivity index (χ3v) is 0.496. The summed E-state index contributed by atoms with van der Waals surface area (Å²) in [4.78, 5) is 2.86. The maximum atomic E-state index is 8.97. The van der Waals surface area contributed by atoms with Gasteiger partial charge in [0.1, 0.15) is 12.0 Å². The fourth-order valence-electron chi connectivity index (χ4n) is 0.278. The number of hydrogen-bond acceptors (Lipinski definition) is 0. The third-order valence-electron chi connectivity index (χ3n) is 0.496. The minimum Gasteiger partial charge on any atom is -0.368 e. The second-order valence-electron chi connectivity index (χ2n) is 0.885. The van der Waals surface area contributed by atoms with Crippen LogP contribution in [0.15, 0.2) is 24.5 Å². The van der Waals surface area contributed by atoms with E-state index in [4.69, 9.17) is 3.98 Å². The van der Waals surface area contributed by atoms with Gasteiger partial charge in [0, 0.05) is 12.4 Å². The number of rotatable bonds is 0. The van der Waals surface area contributed by atoms with Crippen LogP contribution in [0, 0.1) is 0 Å². The van der Waals surface area contributed by atoms with Crippen molar-refractivity contribution in [3.63, 3.8) is 0 Å². The molecule has 1 N–H and O–H groups in total. The summed E-state index contributed by atoms with van der Waals surface area (Å²) in [7, 11) is 0. The van der Waals surface area contributed by atoms with Crippen LogP contribution in [0.2, 0.25) is 0 Å². The van der Waals surface area contributed by atoms with E-state index in [-0.39, 0.29) is 8.41 Å². The first-order valence-electron chi connectivity index (χ1n) is 1.72. The van der Waals surface area contributed by atoms with Crippen molar-refractivity contribution in [2.24, 2.45) is 0 Å². The van der Waals surface area contributed by atoms with Gasteiger partial charge in [-0.1, -0.05) is 0 Å². The molecule has 0 atom stereocenters. The summed E-state index contributed by atoms with van der Waals surface area (Å²) in [5.74, 6) is 0. The molecule has 0 bridgehead atoms. The van der Waals surface area contributed by atoms with Crippen molar-refractivity contribution in [3.8, 4) is 0 Å². The van der Waals surface area contributed by atoms with Crippen LogP contribution in [-0.4, -0.2) is 13.4 Å². The maximum absolute atomic E-state index is 8.97. The third kappa shape index (κ3) is 5.56. The Bertz CT molecular complexity index is 72.5. The van der Waals surface area contributed by atoms with Crippen molar-refractivity contribution in [1.29, 1.82) is 0 Å². The van der Waals surface area contributed by atoms with Gasteiger partial charge in [0.2, 0.25) is 0 Å². The minimum atomic E-state index is 0. The number of aromatic amines is 1. The largest absolute Gasteiger partial charge is 0.368 e. The maximum Gasteiger partial charge on any atom is 0.116 e. The van der Waals surface area contributed by atoms with Crippen molar-refractivity contribution in [2.45, 2.75) is 0 Å². The van der Waals surface area contributed by atoms with Gasteiger partial charge in [-0.3, -0.25) is 0 Å². The van der Waals surface area contributed by atoms with E-state index in [1.54, 1.807) is 0 Å². The summed E-state index contributed by atoms with van der Waals surface area (Å²) in [6.45, 7) is 0. The van der Waals surface area contributed by atoms with Crippen LogP contribution >= 0.6 is 12.0 Å². The highest BCUT2D eigenvalue weighted by Crippen LogP contribution is 1.72. The topological polar surface area (TPSA) is 15.8 Å². The van der Waals surface area contributed by atoms with Gasteiger partial charge in [0.25, 0.3) is 0 Å². The Balaban J connectivity index is 0. The zero-order valence-electron chi connectivity index (χ0n) is 3.57. The number of H-pyrrole nitrogens is 1. The Hall–Kier alpha value is -0.435. The summed E-state index contributed by atoms with van der Waals surface area (Å²) >= 11 is 3.14. The van der Waals surface area contributed by atoms with Crippen molar-refractivity contribution in [2.75, 3.05) is 0 Å². The van der Waals surface area contributed by atoms with E-state index in [1.165, 1.54) is 0 Å². The van der Waals surface area contributed by atoms with E-state index in [1.807, 2.05) is 24.5 Å². The molecule has 0 fully saturated rings. The second-order valence-corrected chi connectivity index (χ2v) is 0.885. The lowest BCUT2D eigenvalue weighted by Gasteiger charge is -1.49. The average Bonchev–Trinajstić information content (AvgIpc) is 2.23. The first kappa shape index (κ1) is 10.5. The van der Waals surface area contributed by atoms with Crippen LogP contribution in [-0.2, 0) is 0 Å². The van der Waals surface area contributed by atoms with Gasteiger partial charge in [-0.05, 0) is 12.1 Å². The van der Waals surface area contributed by atoms with Crippen molar-refractivity contribution in [3.05, 3.63) is 24.5 Å². The van der Waals surface area contributed by atoms with Gasteiger partial charge in [-0.15, -0.1) is 3.98 Å². The SMILES string of the molecule is B.FCl.c1cc[nH]c1. The highest BCUT2D eigenvalue weighted by molar-refractivity contribution is 6.06. The molecule has 1 heterocycles. The van der Waals surface area contributed by atoms with Crippen LogP contribution < -0.4 is 0 Å². The van der Waals surface area contributed by atoms with Gasteiger partial charge in [-0.2, -0.15) is 0 Å². The molecular formula is C4H8BClFN. The molecule has 1 nitrogen and oxygen atoms in total. The Morgan fingerprint density at radius 3 is 1.62 bits per heavy atom. The number of halogens is 2. The van der Waals surface area contributed by atoms with E-state index in [0.717, 1.165) is 0 Å². The summed E-state index contributed by atoms with van der Waals surface area (Å²) < 4.78 is 8.97. The highest BCUT2D eigenvalue weighted by Gasteiger charge is 1.55. The fraction of sp³-hybridized carbons (Fsp3) is 0. The molecule has 1 aromatic heterocycles. The Kier molecular flexibility index (Phi) is 12.8. The highest BCUT2D eigenvalue weighted by atomic mass is 35.5. The Labute approximate surface area is 54.7 Å². The molecular weight excluding hydrogens is 127 g/mol. The first-order valence-corrected chi connectivity index (χ1v) is 2.01. The summed E-state index contributed by atoms with van der Waals surface area (Å²) in [5.41, 5.74) is 0. The monoisotopic (exact) mass is 135 g/mol. The standard InChI is InChI=1S/C4H5N.BH3.ClF/c1-2-4-5-3-1;;1-2/h1-5H;1H3;. The first-order chi connectivity index (χ1) is 3.50. The molecule has 0 saturated carbocycles. The Morgan fingerprint density at radius 1 is 1.12 bits per heavy atom. The molecule has 0 spiro atoms. The van der Waals surface area contributed by atoms with Crippen molar-refractivity contribution >= 4 is 20.4 Å². The quantitative estimate of drug-likeness (QED) is 0.510. The molecule has 0 aliphatic heterocycles. The average molecular weight is 135 g/mol. The van der Waals surface area contributed by atoms with E-state index < -0.39 is 0 Å². The minimum absolute atomic E-state index is 0. The van der Waals surface area contributed by atoms with E-state index in [0.29, 0.717) is 0 Å². The van der Waals surface area contributed by atoms with Crippen LogP contribution in [0.1, 0.15) is 0 Å². The normalized spacial score (nSPS) is 5.75. The molecule has 46 valence electrons. The van der Waals surface area contributed by atoms with Crippen LogP contribution in [0.4, 0.5) is 3.98 Å². The van der Waals surface area contributed by atoms with Gasteiger partial charge in [0.15, 0.2) is 0 Å². The molecule has 8 heavy (non-hydrogen) atoms. The molecule has 0 saturated heterocycles. The molecule has 0 radical (unpaired) electrons. The second kappa shape index (κ2) is 9.76. The predicted octanol–water partition coefficient (Wildman–Crippen LogP) is 0.940. The van der Waals surface area contributed by atoms with Crippen LogP contribution in [0.25, 0.3) is 0 Å². The molecule has 4 heteroatoms. The van der Waals surface area contributed by atoms with E-state index in [9.17, 15) is 0 Å². The lowest BCUT2D eigenvalue weighted by atomic mass is 10.7. The summed E-state index contributed by atoms with van der Waals surface area (Å²) in [6.07, 6.45) is 3.75. The molecule has 0 aliphatic rings. The van der Waals surface area contributed by atoms with Crippen molar-refractivity contribution in [1.82, 2.24) is 4.98 Å². The smallest absolute Gasteiger partial charge is 0.116 e. The lowest BCUT2D eigenvalue weighted by Crippen LogP contribution is -1.38. The molecule has 0 unspecified atom stereocenters. The van der Waals surface area contributed by atoms with E-state index >= 15 is 0 Å². The zero-order chi connectivity index (χ0) is 5.54. The summed E-state index contributed by atoms with van der Waals surface area (Å²) in [6, 6.07) is 3.89. The zero-order valence-corrected chi connectivity index (χ0v) is 4.32. The predicted molar refractivity (Wildman–Crippen MR) is 37.7 cm³/mol. The summed E-state index contributed by atoms with van der Waals surface area (Å²) in [5, 5.41) is 0. The van der Waals surface area contributed by atoms with Crippen molar-refractivity contribution < 1.29 is 3.98 Å². The number of hydrogen-bond donors (Lipinski definition) is 1. The Morgan fingerprint density at radius 2 is 1.50 bits per heavy atom. The van der Waals surface area contributed by atoms with Gasteiger partial charge >= 0.3 is 0 Å². The van der Waals surface area contributed by atoms with Gasteiger partial charge < -0.3 is 4.98 Å². The molecule has 1 aromatic rings. The number of aromatic nitrogens is 1. The van der Waals surface area contributed by atoms with Gasteiger partial charge in [0.05, 0.1) is 8.41 Å². The molecule has 0 aliphatic carbocycles. The molecule has 1 rings (SSSR count). The molecule has 0 aromatic carbocycles. The number of nitrogens with one attached hydrogen (secondary N) is 1. The van der Waals surface area contributed by atoms with Gasteiger partial charge in [-0.25, -0.2) is 0 Å².